The van der Waals surface area contributed by atoms with Gasteiger partial charge >= 0.3 is 0 Å². The second-order valence-electron chi connectivity index (χ2n) is 7.43. The molecule has 5 rings (SSSR count). The second kappa shape index (κ2) is 7.83. The van der Waals surface area contributed by atoms with Gasteiger partial charge in [-0.2, -0.15) is 10.1 Å². The average molecular weight is 404 g/mol. The summed E-state index contributed by atoms with van der Waals surface area (Å²) in [6.07, 6.45) is 4.26. The number of aromatic nitrogens is 6. The first-order chi connectivity index (χ1) is 14.7. The summed E-state index contributed by atoms with van der Waals surface area (Å²) in [5.74, 6) is 2.38. The molecule has 30 heavy (non-hydrogen) atoms. The third-order valence-corrected chi connectivity index (χ3v) is 5.66. The maximum atomic E-state index is 5.44. The molecule has 1 aliphatic heterocycles. The van der Waals surface area contributed by atoms with Crippen molar-refractivity contribution in [2.24, 2.45) is 0 Å². The van der Waals surface area contributed by atoms with Gasteiger partial charge in [0.25, 0.3) is 0 Å². The zero-order chi connectivity index (χ0) is 20.5. The van der Waals surface area contributed by atoms with Crippen molar-refractivity contribution >= 4 is 16.9 Å². The monoisotopic (exact) mass is 404 g/mol. The zero-order valence-corrected chi connectivity index (χ0v) is 17.1. The van der Waals surface area contributed by atoms with E-state index in [0.29, 0.717) is 5.89 Å². The van der Waals surface area contributed by atoms with Gasteiger partial charge < -0.3 is 9.42 Å². The third kappa shape index (κ3) is 3.30. The minimum Gasteiger partial charge on any atom is -0.353 e. The van der Waals surface area contributed by atoms with Gasteiger partial charge in [-0.15, -0.1) is 0 Å². The summed E-state index contributed by atoms with van der Waals surface area (Å²) in [6.45, 7) is 7.66. The molecule has 4 aromatic rings. The summed E-state index contributed by atoms with van der Waals surface area (Å²) < 4.78 is 7.30. The Morgan fingerprint density at radius 2 is 1.87 bits per heavy atom. The molecule has 154 valence electrons. The molecule has 0 radical (unpaired) electrons. The number of nitrogens with zero attached hydrogens (tertiary/aromatic N) is 8. The Morgan fingerprint density at radius 1 is 1.07 bits per heavy atom. The zero-order valence-electron chi connectivity index (χ0n) is 17.1. The number of aryl methyl sites for hydroxylation is 1. The second-order valence-corrected chi connectivity index (χ2v) is 7.43. The quantitative estimate of drug-likeness (QED) is 0.502. The van der Waals surface area contributed by atoms with E-state index in [1.807, 2.05) is 48.1 Å². The molecule has 4 heterocycles. The Bertz CT molecular complexity index is 1130. The molecule has 1 aromatic carbocycles. The van der Waals surface area contributed by atoms with Gasteiger partial charge in [-0.25, -0.2) is 14.6 Å². The van der Waals surface area contributed by atoms with Gasteiger partial charge in [-0.05, 0) is 19.1 Å². The van der Waals surface area contributed by atoms with Crippen LogP contribution in [0.3, 0.4) is 0 Å². The summed E-state index contributed by atoms with van der Waals surface area (Å²) in [7, 11) is 0. The Hall–Kier alpha value is -3.33. The number of para-hydroxylation sites is 1. The molecule has 0 N–H and O–H groups in total. The average Bonchev–Trinajstić information content (AvgIpc) is 3.46. The lowest BCUT2D eigenvalue weighted by molar-refractivity contribution is 0.164. The van der Waals surface area contributed by atoms with Crippen molar-refractivity contribution in [2.45, 2.75) is 26.3 Å². The van der Waals surface area contributed by atoms with Crippen LogP contribution in [-0.4, -0.2) is 61.0 Å². The van der Waals surface area contributed by atoms with E-state index in [9.17, 15) is 0 Å². The number of fused-ring (bicyclic) bond motifs is 1. The molecule has 9 heteroatoms. The number of anilines is 1. The van der Waals surface area contributed by atoms with Gasteiger partial charge in [-0.3, -0.25) is 4.90 Å². The van der Waals surface area contributed by atoms with Crippen LogP contribution in [0.1, 0.15) is 31.6 Å². The SMILES string of the molecule is CCc1noc(C(C)N2CCN(c3ncnc4c3cnn4-c3ccccc3)CC2)n1. The molecule has 0 amide bonds. The number of hydrogen-bond donors (Lipinski definition) is 0. The summed E-state index contributed by atoms with van der Waals surface area (Å²) in [5.41, 5.74) is 1.81. The molecule has 1 atom stereocenters. The molecule has 1 aliphatic rings. The van der Waals surface area contributed by atoms with Crippen molar-refractivity contribution in [3.05, 3.63) is 54.6 Å². The largest absolute Gasteiger partial charge is 0.353 e. The smallest absolute Gasteiger partial charge is 0.243 e. The van der Waals surface area contributed by atoms with Gasteiger partial charge in [0.15, 0.2) is 11.5 Å². The highest BCUT2D eigenvalue weighted by molar-refractivity contribution is 5.87. The van der Waals surface area contributed by atoms with Crippen molar-refractivity contribution in [3.8, 4) is 5.69 Å². The van der Waals surface area contributed by atoms with E-state index in [1.165, 1.54) is 0 Å². The van der Waals surface area contributed by atoms with Crippen LogP contribution in [0.15, 0.2) is 47.4 Å². The molecule has 0 aliphatic carbocycles. The van der Waals surface area contributed by atoms with E-state index < -0.39 is 0 Å². The molecule has 1 unspecified atom stereocenters. The van der Waals surface area contributed by atoms with E-state index in [1.54, 1.807) is 6.33 Å². The Labute approximate surface area is 174 Å². The molecule has 9 nitrogen and oxygen atoms in total. The molecular formula is C21H24N8O. The molecule has 1 fully saturated rings. The minimum atomic E-state index is 0.103. The van der Waals surface area contributed by atoms with Crippen molar-refractivity contribution in [2.75, 3.05) is 31.1 Å². The van der Waals surface area contributed by atoms with Gasteiger partial charge in [0.2, 0.25) is 5.89 Å². The number of piperazine rings is 1. The molecule has 1 saturated heterocycles. The van der Waals surface area contributed by atoms with Crippen LogP contribution < -0.4 is 4.90 Å². The van der Waals surface area contributed by atoms with E-state index in [0.717, 1.165) is 61.0 Å². The fraction of sp³-hybridized carbons (Fsp3) is 0.381. The van der Waals surface area contributed by atoms with Crippen LogP contribution >= 0.6 is 0 Å². The summed E-state index contributed by atoms with van der Waals surface area (Å²) >= 11 is 0. The van der Waals surface area contributed by atoms with Crippen LogP contribution in [-0.2, 0) is 6.42 Å². The lowest BCUT2D eigenvalue weighted by Crippen LogP contribution is -2.47. The normalized spacial score (nSPS) is 16.3. The predicted octanol–water partition coefficient (Wildman–Crippen LogP) is 2.64. The highest BCUT2D eigenvalue weighted by atomic mass is 16.5. The van der Waals surface area contributed by atoms with Crippen LogP contribution in [0.5, 0.6) is 0 Å². The highest BCUT2D eigenvalue weighted by Crippen LogP contribution is 2.27. The van der Waals surface area contributed by atoms with E-state index >= 15 is 0 Å². The van der Waals surface area contributed by atoms with Crippen molar-refractivity contribution in [3.63, 3.8) is 0 Å². The third-order valence-electron chi connectivity index (χ3n) is 5.66. The first kappa shape index (κ1) is 18.7. The Morgan fingerprint density at radius 3 is 2.60 bits per heavy atom. The van der Waals surface area contributed by atoms with Gasteiger partial charge in [0.1, 0.15) is 12.1 Å². The summed E-state index contributed by atoms with van der Waals surface area (Å²) in [4.78, 5) is 18.2. The van der Waals surface area contributed by atoms with Crippen LogP contribution in [0.4, 0.5) is 5.82 Å². The number of hydrogen-bond acceptors (Lipinski definition) is 8. The first-order valence-electron chi connectivity index (χ1n) is 10.3. The van der Waals surface area contributed by atoms with Gasteiger partial charge in [-0.1, -0.05) is 30.3 Å². The highest BCUT2D eigenvalue weighted by Gasteiger charge is 2.27. The fourth-order valence-electron chi connectivity index (χ4n) is 3.90. The molecule has 0 saturated carbocycles. The Balaban J connectivity index is 1.34. The van der Waals surface area contributed by atoms with Crippen molar-refractivity contribution in [1.29, 1.82) is 0 Å². The summed E-state index contributed by atoms with van der Waals surface area (Å²) in [5, 5.41) is 9.55. The van der Waals surface area contributed by atoms with Crippen LogP contribution in [0, 0.1) is 0 Å². The van der Waals surface area contributed by atoms with Crippen LogP contribution in [0.25, 0.3) is 16.7 Å². The first-order valence-corrected chi connectivity index (χ1v) is 10.3. The van der Waals surface area contributed by atoms with E-state index in [-0.39, 0.29) is 6.04 Å². The molecule has 0 bridgehead atoms. The van der Waals surface area contributed by atoms with Gasteiger partial charge in [0.05, 0.1) is 23.3 Å². The summed E-state index contributed by atoms with van der Waals surface area (Å²) in [6, 6.07) is 10.1. The van der Waals surface area contributed by atoms with Crippen molar-refractivity contribution in [1.82, 2.24) is 34.8 Å². The molecular weight excluding hydrogens is 380 g/mol. The van der Waals surface area contributed by atoms with Crippen LogP contribution in [0.2, 0.25) is 0 Å². The number of benzene rings is 1. The maximum Gasteiger partial charge on any atom is 0.243 e. The Kier molecular flexibility index (Phi) is 4.88. The number of rotatable bonds is 5. The molecule has 0 spiro atoms. The lowest BCUT2D eigenvalue weighted by Gasteiger charge is -2.37. The fourth-order valence-corrected chi connectivity index (χ4v) is 3.90. The minimum absolute atomic E-state index is 0.103. The predicted molar refractivity (Wildman–Crippen MR) is 113 cm³/mol. The van der Waals surface area contributed by atoms with Crippen molar-refractivity contribution < 1.29 is 4.52 Å². The van der Waals surface area contributed by atoms with E-state index in [2.05, 4.69) is 41.9 Å². The molecule has 3 aromatic heterocycles. The maximum absolute atomic E-state index is 5.44. The topological polar surface area (TPSA) is 89.0 Å². The van der Waals surface area contributed by atoms with E-state index in [4.69, 9.17) is 4.52 Å². The van der Waals surface area contributed by atoms with Gasteiger partial charge in [0, 0.05) is 32.6 Å². The standard InChI is InChI=1S/C21H24N8O/c1-3-18-25-21(30-26-18)15(2)27-9-11-28(12-10-27)19-17-13-24-29(20(17)23-14-22-19)16-7-5-4-6-8-16/h4-8,13-15H,3,9-12H2,1-2H3. The lowest BCUT2D eigenvalue weighted by atomic mass is 10.2.